The van der Waals surface area contributed by atoms with E-state index in [2.05, 4.69) is 56.3 Å². The predicted molar refractivity (Wildman–Crippen MR) is 148 cm³/mol. The third kappa shape index (κ3) is 6.93. The molecule has 1 aromatic heterocycles. The van der Waals surface area contributed by atoms with Gasteiger partial charge in [-0.2, -0.15) is 0 Å². The summed E-state index contributed by atoms with van der Waals surface area (Å²) in [5, 5.41) is 13.3. The molecule has 0 saturated carbocycles. The van der Waals surface area contributed by atoms with Crippen LogP contribution in [0.25, 0.3) is 0 Å². The molecule has 2 fully saturated rings. The number of likely N-dealkylation sites (tertiary alicyclic amines) is 1. The van der Waals surface area contributed by atoms with Crippen molar-refractivity contribution in [3.05, 3.63) is 93.2 Å². The fourth-order valence-electron chi connectivity index (χ4n) is 5.37. The zero-order valence-electron chi connectivity index (χ0n) is 22.2. The Hall–Kier alpha value is -3.51. The van der Waals surface area contributed by atoms with Gasteiger partial charge < -0.3 is 20.1 Å². The molecular formula is C31H35FN4O3. The third-order valence-electron chi connectivity index (χ3n) is 7.70. The quantitative estimate of drug-likeness (QED) is 0.368. The number of alkyl halides is 1. The highest BCUT2D eigenvalue weighted by atomic mass is 19.1. The van der Waals surface area contributed by atoms with Crippen molar-refractivity contribution in [2.24, 2.45) is 11.8 Å². The highest BCUT2D eigenvalue weighted by Crippen LogP contribution is 2.30. The number of hydrogen-bond acceptors (Lipinski definition) is 6. The minimum Gasteiger partial charge on any atom is -0.502 e. The van der Waals surface area contributed by atoms with E-state index in [0.717, 1.165) is 49.5 Å². The zero-order chi connectivity index (χ0) is 27.2. The van der Waals surface area contributed by atoms with Gasteiger partial charge in [0, 0.05) is 67.5 Å². The molecule has 0 radical (unpaired) electrons. The molecule has 7 nitrogen and oxygen atoms in total. The lowest BCUT2D eigenvalue weighted by Crippen LogP contribution is -2.32. The van der Waals surface area contributed by atoms with Crippen molar-refractivity contribution >= 4 is 0 Å². The lowest BCUT2D eigenvalue weighted by Gasteiger charge is -2.20. The number of aromatic amines is 1. The summed E-state index contributed by atoms with van der Waals surface area (Å²) < 4.78 is 18.6. The molecule has 2 aliphatic heterocycles. The van der Waals surface area contributed by atoms with E-state index in [0.29, 0.717) is 30.5 Å². The standard InChI is InChI=1S/C31H35FN4O3/c1-21(13-32)33-14-26(12-29-30(37)31(38)35-20-34-29)25-10-8-23(9-11-25)3-2-22-4-6-24(7-5-22)15-36-16-27-18-39-19-28(27)17-36/h4-11,20-21,26-28,33,37H,12-19H2,1H3,(H,34,35,38)/t21?,26-,27?,28?/m0/s1. The van der Waals surface area contributed by atoms with Crippen molar-refractivity contribution in [3.63, 3.8) is 0 Å². The number of fused-ring (bicyclic) bond motifs is 1. The van der Waals surface area contributed by atoms with Gasteiger partial charge in [-0.1, -0.05) is 36.1 Å². The molecule has 0 amide bonds. The summed E-state index contributed by atoms with van der Waals surface area (Å²) in [7, 11) is 0. The second-order valence-corrected chi connectivity index (χ2v) is 10.7. The fraction of sp³-hybridized carbons (Fsp3) is 0.419. The van der Waals surface area contributed by atoms with Crippen LogP contribution in [0.3, 0.4) is 0 Å². The van der Waals surface area contributed by atoms with Crippen LogP contribution < -0.4 is 10.9 Å². The van der Waals surface area contributed by atoms with E-state index in [9.17, 15) is 14.3 Å². The lowest BCUT2D eigenvalue weighted by atomic mass is 9.92. The summed E-state index contributed by atoms with van der Waals surface area (Å²) in [6.45, 7) is 6.78. The minimum atomic E-state index is -0.573. The van der Waals surface area contributed by atoms with Gasteiger partial charge in [0.25, 0.3) is 5.56 Å². The van der Waals surface area contributed by atoms with Gasteiger partial charge in [0.1, 0.15) is 6.67 Å². The summed E-state index contributed by atoms with van der Waals surface area (Å²) >= 11 is 0. The van der Waals surface area contributed by atoms with Gasteiger partial charge in [0.2, 0.25) is 5.75 Å². The van der Waals surface area contributed by atoms with E-state index in [-0.39, 0.29) is 17.7 Å². The molecule has 2 aromatic carbocycles. The van der Waals surface area contributed by atoms with Crippen molar-refractivity contribution in [2.45, 2.75) is 31.8 Å². The molecule has 5 rings (SSSR count). The van der Waals surface area contributed by atoms with Crippen LogP contribution in [-0.2, 0) is 17.7 Å². The number of rotatable bonds is 9. The van der Waals surface area contributed by atoms with Crippen LogP contribution >= 0.6 is 0 Å². The van der Waals surface area contributed by atoms with Crippen molar-refractivity contribution in [1.29, 1.82) is 0 Å². The van der Waals surface area contributed by atoms with E-state index in [1.807, 2.05) is 24.3 Å². The van der Waals surface area contributed by atoms with Crippen LogP contribution in [0.5, 0.6) is 5.75 Å². The largest absolute Gasteiger partial charge is 0.502 e. The molecule has 3 heterocycles. The maximum atomic E-state index is 13.0. The number of benzene rings is 2. The molecule has 39 heavy (non-hydrogen) atoms. The van der Waals surface area contributed by atoms with Crippen LogP contribution in [0.4, 0.5) is 4.39 Å². The van der Waals surface area contributed by atoms with Gasteiger partial charge in [0.05, 0.1) is 25.2 Å². The molecule has 2 saturated heterocycles. The Balaban J connectivity index is 1.22. The first-order valence-electron chi connectivity index (χ1n) is 13.5. The molecular weight excluding hydrogens is 495 g/mol. The van der Waals surface area contributed by atoms with E-state index in [1.165, 1.54) is 11.9 Å². The number of ether oxygens (including phenoxy) is 1. The molecule has 204 valence electrons. The molecule has 3 aromatic rings. The van der Waals surface area contributed by atoms with Crippen molar-refractivity contribution < 1.29 is 14.2 Å². The number of halogens is 1. The first-order valence-corrected chi connectivity index (χ1v) is 13.5. The number of hydrogen-bond donors (Lipinski definition) is 3. The Morgan fingerprint density at radius 1 is 1.10 bits per heavy atom. The van der Waals surface area contributed by atoms with Gasteiger partial charge >= 0.3 is 0 Å². The van der Waals surface area contributed by atoms with Gasteiger partial charge in [-0.3, -0.25) is 9.69 Å². The first-order chi connectivity index (χ1) is 19.0. The highest BCUT2D eigenvalue weighted by molar-refractivity contribution is 5.44. The average Bonchev–Trinajstić information content (AvgIpc) is 3.55. The van der Waals surface area contributed by atoms with Gasteiger partial charge in [-0.15, -0.1) is 0 Å². The summed E-state index contributed by atoms with van der Waals surface area (Å²) in [4.78, 5) is 20.8. The molecule has 2 aliphatic rings. The average molecular weight is 531 g/mol. The topological polar surface area (TPSA) is 90.5 Å². The van der Waals surface area contributed by atoms with Crippen molar-refractivity contribution in [2.75, 3.05) is 39.5 Å². The Bertz CT molecular complexity index is 1350. The van der Waals surface area contributed by atoms with Crippen molar-refractivity contribution in [3.8, 4) is 17.6 Å². The second kappa shape index (κ2) is 12.6. The van der Waals surface area contributed by atoms with E-state index >= 15 is 0 Å². The Labute approximate surface area is 228 Å². The number of aromatic nitrogens is 2. The van der Waals surface area contributed by atoms with Gasteiger partial charge in [0.15, 0.2) is 0 Å². The monoisotopic (exact) mass is 530 g/mol. The third-order valence-corrected chi connectivity index (χ3v) is 7.70. The zero-order valence-corrected chi connectivity index (χ0v) is 22.2. The lowest BCUT2D eigenvalue weighted by molar-refractivity contribution is 0.153. The smallest absolute Gasteiger partial charge is 0.293 e. The molecule has 0 bridgehead atoms. The molecule has 0 aliphatic carbocycles. The van der Waals surface area contributed by atoms with E-state index < -0.39 is 12.2 Å². The van der Waals surface area contributed by atoms with Crippen LogP contribution in [0.15, 0.2) is 59.7 Å². The van der Waals surface area contributed by atoms with E-state index in [1.54, 1.807) is 6.92 Å². The maximum Gasteiger partial charge on any atom is 0.293 e. The Kier molecular flexibility index (Phi) is 8.72. The summed E-state index contributed by atoms with van der Waals surface area (Å²) in [5.41, 5.74) is 3.88. The second-order valence-electron chi connectivity index (χ2n) is 10.7. The van der Waals surface area contributed by atoms with Gasteiger partial charge in [-0.05, 0) is 42.3 Å². The number of aromatic hydroxyl groups is 1. The van der Waals surface area contributed by atoms with Crippen LogP contribution in [0.2, 0.25) is 0 Å². The van der Waals surface area contributed by atoms with Gasteiger partial charge in [-0.25, -0.2) is 9.37 Å². The van der Waals surface area contributed by atoms with E-state index in [4.69, 9.17) is 4.74 Å². The number of nitrogens with one attached hydrogen (secondary N) is 2. The minimum absolute atomic E-state index is 0.114. The number of H-pyrrole nitrogens is 1. The maximum absolute atomic E-state index is 13.0. The number of nitrogens with zero attached hydrogens (tertiary/aromatic N) is 2. The van der Waals surface area contributed by atoms with Crippen LogP contribution in [0, 0.1) is 23.7 Å². The summed E-state index contributed by atoms with van der Waals surface area (Å²) in [5.74, 6) is 7.37. The van der Waals surface area contributed by atoms with Crippen LogP contribution in [-0.4, -0.2) is 65.5 Å². The fourth-order valence-corrected chi connectivity index (χ4v) is 5.37. The first kappa shape index (κ1) is 27.1. The summed E-state index contributed by atoms with van der Waals surface area (Å²) in [6, 6.07) is 16.1. The molecule has 0 spiro atoms. The highest BCUT2D eigenvalue weighted by Gasteiger charge is 2.36. The predicted octanol–water partition coefficient (Wildman–Crippen LogP) is 3.23. The Morgan fingerprint density at radius 2 is 1.74 bits per heavy atom. The normalized spacial score (nSPS) is 20.3. The Morgan fingerprint density at radius 3 is 2.38 bits per heavy atom. The SMILES string of the molecule is CC(CF)NC[C@H](Cc1nc[nH]c(=O)c1O)c1ccc(C#Cc2ccc(CN3CC4COCC4C3)cc2)cc1. The molecule has 3 N–H and O–H groups in total. The molecule has 3 unspecified atom stereocenters. The summed E-state index contributed by atoms with van der Waals surface area (Å²) in [6.07, 6.45) is 1.62. The van der Waals surface area contributed by atoms with Crippen LogP contribution in [0.1, 0.15) is 40.8 Å². The van der Waals surface area contributed by atoms with Crippen molar-refractivity contribution in [1.82, 2.24) is 20.2 Å². The molecule has 8 heteroatoms. The molecule has 4 atom stereocenters.